The third-order valence-corrected chi connectivity index (χ3v) is 18.9. The van der Waals surface area contributed by atoms with E-state index >= 15 is 0 Å². The standard InChI is InChI=1S/C46H70O20/c1-41(2)23-9-12-44(5)24(8-7-19-20-15-42(3,39(57)58)13-14-46(20,40(59)60)25(49)16-45(19,44)6)43(23,4)11-10-26(41)63-38-34(66-37-30(53)28(51)22(48)18-62-37)32(31(54)33(65-38)35(55)56)64-36-29(52)27(50)21(47)17-61-36/h7,20-34,36-38,47-54H,8-18H2,1-6H3,(H,55,56)(H,57,58)(H,59,60)/t20-,21-,22+,23-,24+,25+,26-,27-,28-,29+,30+,31-,32-,33-,34+,36-,37-,38+,42-,43-,44+,45+,46+/m0/s1. The maximum absolute atomic E-state index is 13.2. The van der Waals surface area contributed by atoms with Crippen LogP contribution in [0.25, 0.3) is 0 Å². The zero-order chi connectivity index (χ0) is 48.4. The number of rotatable bonds is 9. The van der Waals surface area contributed by atoms with Crippen LogP contribution in [-0.2, 0) is 42.8 Å². The van der Waals surface area contributed by atoms with Gasteiger partial charge in [0.25, 0.3) is 0 Å². The molecule has 3 saturated heterocycles. The summed E-state index contributed by atoms with van der Waals surface area (Å²) in [4.78, 5) is 38.5. The number of aliphatic hydroxyl groups is 8. The third kappa shape index (κ3) is 7.42. The largest absolute Gasteiger partial charge is 0.481 e. The highest BCUT2D eigenvalue weighted by molar-refractivity contribution is 5.80. The SMILES string of the molecule is CC1(C)[C@@H](O[C@@H]2O[C@H](C(=O)O)[C@@H](O)[C@H](O[C@@H]3OC[C@H](O)[C@H](O)[C@H]3O)[C@H]2O[C@@H]2OC[C@@H](O)[C@H](O)[C@H]2O)CC[C@]2(C)[C@H]3CC=C4[C@@H]5C[C@@](C)(C(=O)O)CC[C@]5(C(=O)O)[C@H](O)C[C@@]4(C)[C@]3(C)CC[C@@H]12. The van der Waals surface area contributed by atoms with Gasteiger partial charge in [0.1, 0.15) is 60.4 Å². The molecule has 0 spiro atoms. The summed E-state index contributed by atoms with van der Waals surface area (Å²) < 4.78 is 36.0. The van der Waals surface area contributed by atoms with Crippen molar-refractivity contribution in [3.05, 3.63) is 11.6 Å². The van der Waals surface area contributed by atoms with Crippen molar-refractivity contribution in [2.75, 3.05) is 13.2 Å². The average Bonchev–Trinajstić information content (AvgIpc) is 3.23. The van der Waals surface area contributed by atoms with Crippen LogP contribution in [0.1, 0.15) is 99.3 Å². The molecule has 0 aromatic heterocycles. The average molecular weight is 943 g/mol. The molecule has 11 N–H and O–H groups in total. The Morgan fingerprint density at radius 2 is 1.23 bits per heavy atom. The molecule has 0 unspecified atom stereocenters. The zero-order valence-corrected chi connectivity index (χ0v) is 38.3. The molecule has 0 radical (unpaired) electrons. The smallest absolute Gasteiger partial charge is 0.335 e. The van der Waals surface area contributed by atoms with Gasteiger partial charge in [0.2, 0.25) is 0 Å². The number of ether oxygens (including phenoxy) is 6. The van der Waals surface area contributed by atoms with Gasteiger partial charge in [-0.05, 0) is 98.2 Å². The van der Waals surface area contributed by atoms with Crippen LogP contribution < -0.4 is 0 Å². The number of hydrogen-bond acceptors (Lipinski definition) is 17. The molecule has 374 valence electrons. The third-order valence-electron chi connectivity index (χ3n) is 18.9. The van der Waals surface area contributed by atoms with E-state index < -0.39 is 156 Å². The lowest BCUT2D eigenvalue weighted by molar-refractivity contribution is -0.386. The first-order chi connectivity index (χ1) is 30.7. The number of carboxylic acid groups (broad SMARTS) is 3. The van der Waals surface area contributed by atoms with E-state index in [9.17, 15) is 70.6 Å². The second-order valence-corrected chi connectivity index (χ2v) is 22.4. The Hall–Kier alpha value is -2.41. The lowest BCUT2D eigenvalue weighted by Crippen LogP contribution is -2.69. The fourth-order valence-corrected chi connectivity index (χ4v) is 14.7. The Labute approximate surface area is 382 Å². The van der Waals surface area contributed by atoms with Gasteiger partial charge in [0.05, 0.1) is 30.8 Å². The highest BCUT2D eigenvalue weighted by Gasteiger charge is 2.72. The second-order valence-electron chi connectivity index (χ2n) is 22.4. The molecule has 20 nitrogen and oxygen atoms in total. The van der Waals surface area contributed by atoms with Crippen molar-refractivity contribution in [2.24, 2.45) is 50.2 Å². The van der Waals surface area contributed by atoms with Crippen LogP contribution in [0, 0.1) is 50.2 Å². The molecular formula is C46H70O20. The van der Waals surface area contributed by atoms with E-state index in [-0.39, 0.29) is 42.9 Å². The Morgan fingerprint density at radius 1 is 0.636 bits per heavy atom. The summed E-state index contributed by atoms with van der Waals surface area (Å²) in [5.74, 6) is -4.37. The summed E-state index contributed by atoms with van der Waals surface area (Å²) in [6.45, 7) is 11.4. The number of allylic oxidation sites excluding steroid dienone is 2. The van der Waals surface area contributed by atoms with Crippen LogP contribution in [0.2, 0.25) is 0 Å². The molecular weight excluding hydrogens is 872 g/mol. The minimum Gasteiger partial charge on any atom is -0.481 e. The lowest BCUT2D eigenvalue weighted by atomic mass is 9.33. The van der Waals surface area contributed by atoms with E-state index in [1.54, 1.807) is 6.92 Å². The summed E-state index contributed by atoms with van der Waals surface area (Å²) in [5.41, 5.74) is -3.87. The van der Waals surface area contributed by atoms with E-state index in [1.807, 2.05) is 0 Å². The van der Waals surface area contributed by atoms with Gasteiger partial charge in [-0.2, -0.15) is 0 Å². The molecule has 66 heavy (non-hydrogen) atoms. The first-order valence-electron chi connectivity index (χ1n) is 23.4. The van der Waals surface area contributed by atoms with Crippen LogP contribution in [0.5, 0.6) is 0 Å². The van der Waals surface area contributed by atoms with Gasteiger partial charge in [-0.15, -0.1) is 0 Å². The molecule has 4 saturated carbocycles. The zero-order valence-electron chi connectivity index (χ0n) is 38.3. The fraction of sp³-hybridized carbons (Fsp3) is 0.891. The summed E-state index contributed by atoms with van der Waals surface area (Å²) in [6, 6.07) is 0. The molecule has 5 aliphatic carbocycles. The van der Waals surface area contributed by atoms with Crippen molar-refractivity contribution in [1.82, 2.24) is 0 Å². The molecule has 8 rings (SSSR count). The predicted molar refractivity (Wildman–Crippen MR) is 222 cm³/mol. The number of carboxylic acids is 3. The minimum atomic E-state index is -2.04. The van der Waals surface area contributed by atoms with E-state index in [0.717, 1.165) is 5.57 Å². The highest BCUT2D eigenvalue weighted by atomic mass is 16.8. The highest BCUT2D eigenvalue weighted by Crippen LogP contribution is 2.76. The molecule has 0 amide bonds. The lowest BCUT2D eigenvalue weighted by Gasteiger charge is -2.71. The summed E-state index contributed by atoms with van der Waals surface area (Å²) in [5, 5.41) is 118. The van der Waals surface area contributed by atoms with Crippen LogP contribution >= 0.6 is 0 Å². The minimum absolute atomic E-state index is 0.0329. The Morgan fingerprint density at radius 3 is 1.79 bits per heavy atom. The monoisotopic (exact) mass is 942 g/mol. The van der Waals surface area contributed by atoms with E-state index in [1.165, 1.54) is 0 Å². The van der Waals surface area contributed by atoms with Gasteiger partial charge in [-0.1, -0.05) is 46.3 Å². The number of hydrogen-bond donors (Lipinski definition) is 11. The Bertz CT molecular complexity index is 1910. The molecule has 0 aromatic rings. The van der Waals surface area contributed by atoms with Gasteiger partial charge in [0, 0.05) is 5.92 Å². The molecule has 0 aromatic carbocycles. The van der Waals surface area contributed by atoms with Crippen molar-refractivity contribution in [2.45, 2.75) is 191 Å². The van der Waals surface area contributed by atoms with Gasteiger partial charge in [0.15, 0.2) is 25.0 Å². The van der Waals surface area contributed by atoms with E-state index in [4.69, 9.17) is 28.4 Å². The molecule has 20 heteroatoms. The quantitative estimate of drug-likeness (QED) is 0.108. The van der Waals surface area contributed by atoms with Crippen LogP contribution in [-0.4, -0.2) is 179 Å². The van der Waals surface area contributed by atoms with Crippen molar-refractivity contribution in [3.8, 4) is 0 Å². The number of aliphatic hydroxyl groups excluding tert-OH is 8. The molecule has 3 aliphatic heterocycles. The normalized spacial score (nSPS) is 53.5. The maximum Gasteiger partial charge on any atom is 0.335 e. The molecule has 23 atom stereocenters. The molecule has 7 fully saturated rings. The van der Waals surface area contributed by atoms with Crippen molar-refractivity contribution >= 4 is 17.9 Å². The van der Waals surface area contributed by atoms with Crippen molar-refractivity contribution in [3.63, 3.8) is 0 Å². The first kappa shape index (κ1) is 50.0. The fourth-order valence-electron chi connectivity index (χ4n) is 14.7. The number of fused-ring (bicyclic) bond motifs is 7. The van der Waals surface area contributed by atoms with Gasteiger partial charge < -0.3 is 84.6 Å². The van der Waals surface area contributed by atoms with E-state index in [2.05, 4.69) is 40.7 Å². The molecule has 8 aliphatic rings. The Balaban J connectivity index is 1.10. The number of aliphatic carboxylic acids is 3. The molecule has 0 bridgehead atoms. The summed E-state index contributed by atoms with van der Waals surface area (Å²) >= 11 is 0. The van der Waals surface area contributed by atoms with Crippen molar-refractivity contribution in [1.29, 1.82) is 0 Å². The van der Waals surface area contributed by atoms with Crippen molar-refractivity contribution < 1.29 is 99.0 Å². The van der Waals surface area contributed by atoms with Crippen LogP contribution in [0.15, 0.2) is 11.6 Å². The summed E-state index contributed by atoms with van der Waals surface area (Å²) in [6.07, 6.45) is -19.0. The molecule has 3 heterocycles. The van der Waals surface area contributed by atoms with Gasteiger partial charge >= 0.3 is 17.9 Å². The maximum atomic E-state index is 13.2. The Kier molecular flexibility index (Phi) is 13.0. The number of carbonyl (C=O) groups is 3. The summed E-state index contributed by atoms with van der Waals surface area (Å²) in [7, 11) is 0. The van der Waals surface area contributed by atoms with Crippen LogP contribution in [0.4, 0.5) is 0 Å². The van der Waals surface area contributed by atoms with E-state index in [0.29, 0.717) is 32.1 Å². The van der Waals surface area contributed by atoms with Crippen LogP contribution in [0.3, 0.4) is 0 Å². The second kappa shape index (κ2) is 17.2. The van der Waals surface area contributed by atoms with Gasteiger partial charge in [-0.25, -0.2) is 4.79 Å². The van der Waals surface area contributed by atoms with Gasteiger partial charge in [-0.3, -0.25) is 9.59 Å². The topological polar surface area (TPSA) is 329 Å². The first-order valence-corrected chi connectivity index (χ1v) is 23.4. The predicted octanol–water partition coefficient (Wildman–Crippen LogP) is 0.112.